The van der Waals surface area contributed by atoms with Crippen LogP contribution in [0.4, 0.5) is 11.4 Å². The van der Waals surface area contributed by atoms with Crippen LogP contribution in [0, 0.1) is 0 Å². The van der Waals surface area contributed by atoms with Gasteiger partial charge in [0, 0.05) is 41.5 Å². The molecular formula is C24H23ClN4O3. The number of anilines is 2. The summed E-state index contributed by atoms with van der Waals surface area (Å²) in [6.07, 6.45) is 3.11. The number of halogens is 1. The Morgan fingerprint density at radius 2 is 1.66 bits per heavy atom. The zero-order valence-corrected chi connectivity index (χ0v) is 18.3. The minimum Gasteiger partial charge on any atom is -0.390 e. The third-order valence-electron chi connectivity index (χ3n) is 6.10. The molecule has 3 heterocycles. The van der Waals surface area contributed by atoms with E-state index in [-0.39, 0.29) is 18.4 Å². The summed E-state index contributed by atoms with van der Waals surface area (Å²) >= 11 is 6.15. The monoisotopic (exact) mass is 450 g/mol. The molecule has 1 saturated heterocycles. The van der Waals surface area contributed by atoms with Gasteiger partial charge in [0.25, 0.3) is 5.91 Å². The highest BCUT2D eigenvalue weighted by molar-refractivity contribution is 6.30. The minimum atomic E-state index is -0.234. The Morgan fingerprint density at radius 1 is 0.906 bits per heavy atom. The van der Waals surface area contributed by atoms with Crippen molar-refractivity contribution in [3.05, 3.63) is 70.5 Å². The lowest BCUT2D eigenvalue weighted by Crippen LogP contribution is -2.39. The Labute approximate surface area is 190 Å². The van der Waals surface area contributed by atoms with Crippen LogP contribution >= 0.6 is 11.6 Å². The van der Waals surface area contributed by atoms with E-state index in [2.05, 4.69) is 5.10 Å². The molecular weight excluding hydrogens is 428 g/mol. The first-order chi connectivity index (χ1) is 15.6. The Balaban J connectivity index is 1.48. The Morgan fingerprint density at radius 3 is 2.34 bits per heavy atom. The standard InChI is InChI=1S/C24H23ClN4O3/c25-16-4-3-5-19(14-16)29-23-20(21(15-30)26-29)11-13-28(24(23)32)18-9-7-17(8-10-18)27-12-2-1-6-22(27)31/h3-5,7-10,14,30H,1-2,6,11-13,15H2. The molecule has 2 aliphatic heterocycles. The summed E-state index contributed by atoms with van der Waals surface area (Å²) in [7, 11) is 0. The van der Waals surface area contributed by atoms with Crippen molar-refractivity contribution in [3.8, 4) is 5.69 Å². The van der Waals surface area contributed by atoms with Gasteiger partial charge in [0.05, 0.1) is 18.0 Å². The fourth-order valence-electron chi connectivity index (χ4n) is 4.49. The highest BCUT2D eigenvalue weighted by Gasteiger charge is 2.33. The number of piperidine rings is 1. The molecule has 3 aromatic rings. The van der Waals surface area contributed by atoms with Crippen LogP contribution in [-0.2, 0) is 17.8 Å². The summed E-state index contributed by atoms with van der Waals surface area (Å²) in [6, 6.07) is 14.7. The highest BCUT2D eigenvalue weighted by atomic mass is 35.5. The number of aromatic nitrogens is 2. The number of carbonyl (C=O) groups excluding carboxylic acids is 2. The number of benzene rings is 2. The molecule has 0 spiro atoms. The first kappa shape index (κ1) is 20.7. The van der Waals surface area contributed by atoms with E-state index < -0.39 is 0 Å². The van der Waals surface area contributed by atoms with Crippen molar-refractivity contribution < 1.29 is 14.7 Å². The number of amides is 2. The number of aliphatic hydroxyl groups excluding tert-OH is 1. The number of hydrogen-bond donors (Lipinski definition) is 1. The predicted octanol–water partition coefficient (Wildman–Crippen LogP) is 3.74. The average molecular weight is 451 g/mol. The van der Waals surface area contributed by atoms with Gasteiger partial charge in [-0.25, -0.2) is 4.68 Å². The molecule has 0 aliphatic carbocycles. The van der Waals surface area contributed by atoms with Gasteiger partial charge < -0.3 is 14.9 Å². The zero-order chi connectivity index (χ0) is 22.2. The van der Waals surface area contributed by atoms with Gasteiger partial charge in [0.15, 0.2) is 0 Å². The lowest BCUT2D eigenvalue weighted by molar-refractivity contribution is -0.119. The smallest absolute Gasteiger partial charge is 0.277 e. The number of nitrogens with zero attached hydrogens (tertiary/aromatic N) is 4. The van der Waals surface area contributed by atoms with Gasteiger partial charge in [-0.2, -0.15) is 5.10 Å². The molecule has 32 heavy (non-hydrogen) atoms. The van der Waals surface area contributed by atoms with Crippen molar-refractivity contribution in [2.75, 3.05) is 22.9 Å². The maximum atomic E-state index is 13.6. The van der Waals surface area contributed by atoms with Crippen molar-refractivity contribution in [2.45, 2.75) is 32.3 Å². The minimum absolute atomic E-state index is 0.143. The molecule has 0 radical (unpaired) electrons. The predicted molar refractivity (Wildman–Crippen MR) is 123 cm³/mol. The largest absolute Gasteiger partial charge is 0.390 e. The van der Waals surface area contributed by atoms with Gasteiger partial charge in [-0.05, 0) is 61.7 Å². The second-order valence-corrected chi connectivity index (χ2v) is 8.49. The van der Waals surface area contributed by atoms with E-state index in [0.29, 0.717) is 41.5 Å². The molecule has 0 saturated carbocycles. The van der Waals surface area contributed by atoms with Crippen LogP contribution in [0.1, 0.15) is 41.0 Å². The van der Waals surface area contributed by atoms with Gasteiger partial charge in [0.2, 0.25) is 5.91 Å². The Kier molecular flexibility index (Phi) is 5.45. The summed E-state index contributed by atoms with van der Waals surface area (Å²) in [5, 5.41) is 14.8. The second kappa shape index (κ2) is 8.41. The molecule has 2 amide bonds. The van der Waals surface area contributed by atoms with E-state index in [9.17, 15) is 14.7 Å². The quantitative estimate of drug-likeness (QED) is 0.656. The molecule has 1 aromatic heterocycles. The molecule has 5 rings (SSSR count). The third kappa shape index (κ3) is 3.57. The first-order valence-corrected chi connectivity index (χ1v) is 11.1. The normalized spacial score (nSPS) is 16.4. The van der Waals surface area contributed by atoms with Crippen molar-refractivity contribution in [3.63, 3.8) is 0 Å². The first-order valence-electron chi connectivity index (χ1n) is 10.8. The Hall–Kier alpha value is -3.16. The average Bonchev–Trinajstić information content (AvgIpc) is 3.20. The summed E-state index contributed by atoms with van der Waals surface area (Å²) in [6.45, 7) is 0.983. The molecule has 2 aliphatic rings. The molecule has 8 heteroatoms. The number of fused-ring (bicyclic) bond motifs is 1. The highest BCUT2D eigenvalue weighted by Crippen LogP contribution is 2.31. The maximum Gasteiger partial charge on any atom is 0.277 e. The summed E-state index contributed by atoms with van der Waals surface area (Å²) in [4.78, 5) is 29.3. The van der Waals surface area contributed by atoms with E-state index >= 15 is 0 Å². The van der Waals surface area contributed by atoms with Crippen LogP contribution in [0.25, 0.3) is 5.69 Å². The Bertz CT molecular complexity index is 1190. The van der Waals surface area contributed by atoms with E-state index in [4.69, 9.17) is 11.6 Å². The van der Waals surface area contributed by atoms with Crippen LogP contribution in [0.2, 0.25) is 5.02 Å². The topological polar surface area (TPSA) is 78.7 Å². The van der Waals surface area contributed by atoms with Crippen LogP contribution in [0.5, 0.6) is 0 Å². The number of rotatable bonds is 4. The van der Waals surface area contributed by atoms with Crippen molar-refractivity contribution in [1.82, 2.24) is 9.78 Å². The zero-order valence-electron chi connectivity index (χ0n) is 17.5. The van der Waals surface area contributed by atoms with Gasteiger partial charge in [-0.3, -0.25) is 9.59 Å². The summed E-state index contributed by atoms with van der Waals surface area (Å²) in [5.74, 6) is -0.0372. The van der Waals surface area contributed by atoms with Gasteiger partial charge in [-0.15, -0.1) is 0 Å². The van der Waals surface area contributed by atoms with Crippen LogP contribution in [0.3, 0.4) is 0 Å². The lowest BCUT2D eigenvalue weighted by atomic mass is 10.0. The number of carbonyl (C=O) groups is 2. The SMILES string of the molecule is O=C1CCCCN1c1ccc(N2CCc3c(CO)nn(-c4cccc(Cl)c4)c3C2=O)cc1. The third-order valence-corrected chi connectivity index (χ3v) is 6.33. The molecule has 1 fully saturated rings. The molecule has 0 unspecified atom stereocenters. The fourth-order valence-corrected chi connectivity index (χ4v) is 4.67. The van der Waals surface area contributed by atoms with Crippen molar-refractivity contribution in [1.29, 1.82) is 0 Å². The maximum absolute atomic E-state index is 13.6. The molecule has 2 aromatic carbocycles. The van der Waals surface area contributed by atoms with Gasteiger partial charge in [0.1, 0.15) is 5.69 Å². The number of aliphatic hydroxyl groups is 1. The van der Waals surface area contributed by atoms with E-state index in [0.717, 1.165) is 36.3 Å². The molecule has 164 valence electrons. The van der Waals surface area contributed by atoms with E-state index in [1.165, 1.54) is 0 Å². The molecule has 0 bridgehead atoms. The van der Waals surface area contributed by atoms with Crippen LogP contribution < -0.4 is 9.80 Å². The molecule has 7 nitrogen and oxygen atoms in total. The van der Waals surface area contributed by atoms with E-state index in [1.54, 1.807) is 27.8 Å². The van der Waals surface area contributed by atoms with Crippen molar-refractivity contribution >= 4 is 34.8 Å². The summed E-state index contributed by atoms with van der Waals surface area (Å²) < 4.78 is 1.57. The van der Waals surface area contributed by atoms with Crippen LogP contribution in [0.15, 0.2) is 48.5 Å². The van der Waals surface area contributed by atoms with Crippen molar-refractivity contribution in [2.24, 2.45) is 0 Å². The van der Waals surface area contributed by atoms with Gasteiger partial charge >= 0.3 is 0 Å². The number of hydrogen-bond acceptors (Lipinski definition) is 4. The van der Waals surface area contributed by atoms with Gasteiger partial charge in [-0.1, -0.05) is 17.7 Å². The lowest BCUT2D eigenvalue weighted by Gasteiger charge is -2.29. The molecule has 1 N–H and O–H groups in total. The summed E-state index contributed by atoms with van der Waals surface area (Å²) in [5.41, 5.74) is 4.00. The fraction of sp³-hybridized carbons (Fsp3) is 0.292. The molecule has 0 atom stereocenters. The van der Waals surface area contributed by atoms with E-state index in [1.807, 2.05) is 35.2 Å². The van der Waals surface area contributed by atoms with Crippen LogP contribution in [-0.4, -0.2) is 39.8 Å². The second-order valence-electron chi connectivity index (χ2n) is 8.05.